The van der Waals surface area contributed by atoms with Gasteiger partial charge in [-0.3, -0.25) is 4.79 Å². The van der Waals surface area contributed by atoms with Crippen molar-refractivity contribution < 1.29 is 4.79 Å². The first kappa shape index (κ1) is 14.0. The number of rotatable bonds is 3. The molecule has 0 saturated carbocycles. The lowest BCUT2D eigenvalue weighted by atomic mass is 10.1. The predicted molar refractivity (Wildman–Crippen MR) is 76.7 cm³/mol. The van der Waals surface area contributed by atoms with Gasteiger partial charge in [0.05, 0.1) is 6.42 Å². The van der Waals surface area contributed by atoms with E-state index in [1.54, 1.807) is 0 Å². The van der Waals surface area contributed by atoms with Gasteiger partial charge in [-0.2, -0.15) is 0 Å². The van der Waals surface area contributed by atoms with Gasteiger partial charge in [0.15, 0.2) is 0 Å². The van der Waals surface area contributed by atoms with Gasteiger partial charge in [0.1, 0.15) is 0 Å². The van der Waals surface area contributed by atoms with E-state index in [4.69, 9.17) is 5.73 Å². The second-order valence-corrected chi connectivity index (χ2v) is 5.40. The third kappa shape index (κ3) is 3.55. The van der Waals surface area contributed by atoms with Crippen LogP contribution in [-0.2, 0) is 17.8 Å². The van der Waals surface area contributed by atoms with E-state index < -0.39 is 0 Å². The number of carbonyl (C=O) groups excluding carboxylic acids is 1. The Morgan fingerprint density at radius 2 is 1.89 bits per heavy atom. The molecule has 1 saturated heterocycles. The van der Waals surface area contributed by atoms with E-state index in [2.05, 4.69) is 18.9 Å². The topological polar surface area (TPSA) is 49.6 Å². The maximum absolute atomic E-state index is 12.3. The van der Waals surface area contributed by atoms with Crippen molar-refractivity contribution in [2.75, 3.05) is 26.7 Å². The summed E-state index contributed by atoms with van der Waals surface area (Å²) in [6.07, 6.45) is 0.485. The SMILES string of the molecule is CC1CN(C)CCN1C(=O)Cc1ccc(CN)cc1. The van der Waals surface area contributed by atoms with Gasteiger partial charge < -0.3 is 15.5 Å². The Morgan fingerprint density at radius 3 is 2.47 bits per heavy atom. The Morgan fingerprint density at radius 1 is 1.26 bits per heavy atom. The van der Waals surface area contributed by atoms with Crippen molar-refractivity contribution >= 4 is 5.91 Å². The van der Waals surface area contributed by atoms with Gasteiger partial charge in [-0.1, -0.05) is 24.3 Å². The molecule has 1 amide bonds. The average molecular weight is 261 g/mol. The third-order valence-corrected chi connectivity index (χ3v) is 3.76. The first-order chi connectivity index (χ1) is 9.10. The van der Waals surface area contributed by atoms with Crippen molar-refractivity contribution in [3.63, 3.8) is 0 Å². The Kier molecular flexibility index (Phi) is 4.56. The summed E-state index contributed by atoms with van der Waals surface area (Å²) in [5, 5.41) is 0. The first-order valence-corrected chi connectivity index (χ1v) is 6.86. The summed E-state index contributed by atoms with van der Waals surface area (Å²) in [6.45, 7) is 5.41. The zero-order valence-corrected chi connectivity index (χ0v) is 11.8. The molecule has 0 bridgehead atoms. The minimum Gasteiger partial charge on any atom is -0.337 e. The molecule has 4 nitrogen and oxygen atoms in total. The van der Waals surface area contributed by atoms with Crippen LogP contribution in [0.3, 0.4) is 0 Å². The molecule has 4 heteroatoms. The fourth-order valence-corrected chi connectivity index (χ4v) is 2.58. The quantitative estimate of drug-likeness (QED) is 0.877. The predicted octanol–water partition coefficient (Wildman–Crippen LogP) is 0.850. The van der Waals surface area contributed by atoms with Crippen LogP contribution in [0, 0.1) is 0 Å². The molecule has 1 aromatic carbocycles. The highest BCUT2D eigenvalue weighted by Gasteiger charge is 2.25. The standard InChI is InChI=1S/C15H23N3O/c1-12-11-17(2)7-8-18(12)15(19)9-13-3-5-14(10-16)6-4-13/h3-6,12H,7-11,16H2,1-2H3. The number of hydrogen-bond donors (Lipinski definition) is 1. The molecule has 1 atom stereocenters. The van der Waals surface area contributed by atoms with Crippen molar-refractivity contribution in [1.29, 1.82) is 0 Å². The van der Waals surface area contributed by atoms with Crippen LogP contribution in [0.25, 0.3) is 0 Å². The maximum Gasteiger partial charge on any atom is 0.227 e. The molecule has 0 aliphatic carbocycles. The highest BCUT2D eigenvalue weighted by Crippen LogP contribution is 2.12. The Bertz CT molecular complexity index is 430. The Balaban J connectivity index is 1.96. The van der Waals surface area contributed by atoms with Crippen LogP contribution in [0.5, 0.6) is 0 Å². The van der Waals surface area contributed by atoms with Crippen LogP contribution in [0.15, 0.2) is 24.3 Å². The van der Waals surface area contributed by atoms with Gasteiger partial charge in [-0.05, 0) is 25.1 Å². The van der Waals surface area contributed by atoms with Crippen molar-refractivity contribution in [2.45, 2.75) is 25.9 Å². The molecule has 1 aromatic rings. The second-order valence-electron chi connectivity index (χ2n) is 5.40. The summed E-state index contributed by atoms with van der Waals surface area (Å²) in [7, 11) is 2.10. The van der Waals surface area contributed by atoms with Crippen molar-refractivity contribution in [3.05, 3.63) is 35.4 Å². The molecule has 1 unspecified atom stereocenters. The number of benzene rings is 1. The highest BCUT2D eigenvalue weighted by atomic mass is 16.2. The van der Waals surface area contributed by atoms with E-state index >= 15 is 0 Å². The molecular formula is C15H23N3O. The fraction of sp³-hybridized carbons (Fsp3) is 0.533. The van der Waals surface area contributed by atoms with E-state index in [9.17, 15) is 4.79 Å². The molecular weight excluding hydrogens is 238 g/mol. The number of amides is 1. The number of nitrogens with zero attached hydrogens (tertiary/aromatic N) is 2. The van der Waals surface area contributed by atoms with Gasteiger partial charge in [-0.15, -0.1) is 0 Å². The largest absolute Gasteiger partial charge is 0.337 e. The lowest BCUT2D eigenvalue weighted by Gasteiger charge is -2.38. The van der Waals surface area contributed by atoms with E-state index in [0.717, 1.165) is 30.8 Å². The lowest BCUT2D eigenvalue weighted by molar-refractivity contribution is -0.134. The summed E-state index contributed by atoms with van der Waals surface area (Å²) >= 11 is 0. The number of carbonyl (C=O) groups is 1. The Hall–Kier alpha value is -1.39. The van der Waals surface area contributed by atoms with Crippen LogP contribution >= 0.6 is 0 Å². The van der Waals surface area contributed by atoms with Crippen LogP contribution in [0.2, 0.25) is 0 Å². The molecule has 1 fully saturated rings. The van der Waals surface area contributed by atoms with E-state index in [-0.39, 0.29) is 5.91 Å². The molecule has 104 valence electrons. The molecule has 0 spiro atoms. The number of nitrogens with two attached hydrogens (primary N) is 1. The third-order valence-electron chi connectivity index (χ3n) is 3.76. The minimum absolute atomic E-state index is 0.223. The molecule has 1 aliphatic heterocycles. The molecule has 0 radical (unpaired) electrons. The van der Waals surface area contributed by atoms with Crippen molar-refractivity contribution in [2.24, 2.45) is 5.73 Å². The second kappa shape index (κ2) is 6.17. The molecule has 1 heterocycles. The van der Waals surface area contributed by atoms with Gasteiger partial charge in [-0.25, -0.2) is 0 Å². The van der Waals surface area contributed by atoms with Gasteiger partial charge in [0.25, 0.3) is 0 Å². The van der Waals surface area contributed by atoms with Crippen LogP contribution < -0.4 is 5.73 Å². The molecule has 2 rings (SSSR count). The van der Waals surface area contributed by atoms with Crippen LogP contribution in [-0.4, -0.2) is 48.4 Å². The zero-order valence-electron chi connectivity index (χ0n) is 11.8. The van der Waals surface area contributed by atoms with Gasteiger partial charge in [0.2, 0.25) is 5.91 Å². The smallest absolute Gasteiger partial charge is 0.227 e. The lowest BCUT2D eigenvalue weighted by Crippen LogP contribution is -2.53. The van der Waals surface area contributed by atoms with Crippen LogP contribution in [0.1, 0.15) is 18.1 Å². The fourth-order valence-electron chi connectivity index (χ4n) is 2.58. The molecule has 19 heavy (non-hydrogen) atoms. The normalized spacial score (nSPS) is 20.6. The summed E-state index contributed by atoms with van der Waals surface area (Å²) < 4.78 is 0. The highest BCUT2D eigenvalue weighted by molar-refractivity contribution is 5.79. The minimum atomic E-state index is 0.223. The van der Waals surface area contributed by atoms with Crippen molar-refractivity contribution in [3.8, 4) is 0 Å². The number of likely N-dealkylation sites (N-methyl/N-ethyl adjacent to an activating group) is 1. The molecule has 1 aliphatic rings. The van der Waals surface area contributed by atoms with E-state index in [0.29, 0.717) is 19.0 Å². The summed E-state index contributed by atoms with van der Waals surface area (Å²) in [5.74, 6) is 0.223. The van der Waals surface area contributed by atoms with Crippen LogP contribution in [0.4, 0.5) is 0 Å². The monoisotopic (exact) mass is 261 g/mol. The van der Waals surface area contributed by atoms with Crippen molar-refractivity contribution in [1.82, 2.24) is 9.80 Å². The molecule has 2 N–H and O–H groups in total. The summed E-state index contributed by atoms with van der Waals surface area (Å²) in [6, 6.07) is 8.29. The zero-order chi connectivity index (χ0) is 13.8. The summed E-state index contributed by atoms with van der Waals surface area (Å²) in [4.78, 5) is 16.6. The summed E-state index contributed by atoms with van der Waals surface area (Å²) in [5.41, 5.74) is 7.73. The Labute approximate surface area is 115 Å². The molecule has 0 aromatic heterocycles. The maximum atomic E-state index is 12.3. The van der Waals surface area contributed by atoms with Gasteiger partial charge in [0, 0.05) is 32.2 Å². The van der Waals surface area contributed by atoms with E-state index in [1.165, 1.54) is 0 Å². The first-order valence-electron chi connectivity index (χ1n) is 6.86. The number of hydrogen-bond acceptors (Lipinski definition) is 3. The van der Waals surface area contributed by atoms with E-state index in [1.807, 2.05) is 29.2 Å². The average Bonchev–Trinajstić information content (AvgIpc) is 2.39. The van der Waals surface area contributed by atoms with Gasteiger partial charge >= 0.3 is 0 Å². The number of piperazine rings is 1.